The molecule has 2 aromatic rings. The van der Waals surface area contributed by atoms with E-state index in [0.29, 0.717) is 22.3 Å². The summed E-state index contributed by atoms with van der Waals surface area (Å²) in [5.41, 5.74) is 6.10. The molecule has 8 heteroatoms. The lowest BCUT2D eigenvalue weighted by molar-refractivity contribution is -0.128. The van der Waals surface area contributed by atoms with Crippen LogP contribution in [-0.2, 0) is 9.59 Å². The van der Waals surface area contributed by atoms with E-state index in [1.165, 1.54) is 13.2 Å². The largest absolute Gasteiger partial charge is 0.493 e. The van der Waals surface area contributed by atoms with Gasteiger partial charge in [-0.15, -0.1) is 0 Å². The standard InChI is InChI=1S/C20H21ClN2O5/c1-13-10-15(21)6-8-16(13)28-12-20(25)23-22-19(24)9-5-14-4-7-17(26-2)18(11-14)27-3/h4-11H,12H2,1-3H3,(H,22,24)(H,23,25)/b9-5+. The summed E-state index contributed by atoms with van der Waals surface area (Å²) in [6.07, 6.45) is 2.86. The molecule has 2 N–H and O–H groups in total. The molecule has 2 rings (SSSR count). The summed E-state index contributed by atoms with van der Waals surface area (Å²) in [4.78, 5) is 23.6. The highest BCUT2D eigenvalue weighted by Crippen LogP contribution is 2.27. The first-order chi connectivity index (χ1) is 13.4. The molecule has 0 bridgehead atoms. The maximum Gasteiger partial charge on any atom is 0.276 e. The molecule has 0 saturated carbocycles. The Bertz CT molecular complexity index is 883. The van der Waals surface area contributed by atoms with Crippen LogP contribution in [0, 0.1) is 6.92 Å². The second-order valence-corrected chi connectivity index (χ2v) is 6.12. The minimum absolute atomic E-state index is 0.248. The molecule has 0 saturated heterocycles. The molecular weight excluding hydrogens is 384 g/mol. The average molecular weight is 405 g/mol. The van der Waals surface area contributed by atoms with Crippen molar-refractivity contribution in [1.29, 1.82) is 0 Å². The smallest absolute Gasteiger partial charge is 0.276 e. The Morgan fingerprint density at radius 1 is 1.00 bits per heavy atom. The van der Waals surface area contributed by atoms with Crippen molar-refractivity contribution in [2.24, 2.45) is 0 Å². The molecule has 0 aliphatic heterocycles. The van der Waals surface area contributed by atoms with Crippen LogP contribution in [0.4, 0.5) is 0 Å². The van der Waals surface area contributed by atoms with Crippen molar-refractivity contribution in [1.82, 2.24) is 10.9 Å². The summed E-state index contributed by atoms with van der Waals surface area (Å²) in [6.45, 7) is 1.57. The quantitative estimate of drug-likeness (QED) is 0.547. The number of carbonyl (C=O) groups excluding carboxylic acids is 2. The van der Waals surface area contributed by atoms with Crippen LogP contribution in [0.2, 0.25) is 5.02 Å². The van der Waals surface area contributed by atoms with E-state index in [-0.39, 0.29) is 6.61 Å². The number of ether oxygens (including phenoxy) is 3. The maximum atomic E-state index is 11.8. The van der Waals surface area contributed by atoms with Gasteiger partial charge in [0, 0.05) is 11.1 Å². The molecule has 0 heterocycles. The van der Waals surface area contributed by atoms with E-state index in [2.05, 4.69) is 10.9 Å². The molecule has 0 spiro atoms. The molecule has 0 unspecified atom stereocenters. The van der Waals surface area contributed by atoms with Crippen molar-refractivity contribution in [2.75, 3.05) is 20.8 Å². The fraction of sp³-hybridized carbons (Fsp3) is 0.200. The van der Waals surface area contributed by atoms with Gasteiger partial charge in [-0.2, -0.15) is 0 Å². The topological polar surface area (TPSA) is 85.9 Å². The monoisotopic (exact) mass is 404 g/mol. The van der Waals surface area contributed by atoms with E-state index in [9.17, 15) is 9.59 Å². The fourth-order valence-corrected chi connectivity index (χ4v) is 2.48. The van der Waals surface area contributed by atoms with Gasteiger partial charge in [0.2, 0.25) is 0 Å². The average Bonchev–Trinajstić information content (AvgIpc) is 2.69. The molecule has 148 valence electrons. The van der Waals surface area contributed by atoms with Gasteiger partial charge < -0.3 is 14.2 Å². The molecule has 2 aromatic carbocycles. The van der Waals surface area contributed by atoms with E-state index in [0.717, 1.165) is 11.1 Å². The fourth-order valence-electron chi connectivity index (χ4n) is 2.26. The van der Waals surface area contributed by atoms with Crippen molar-refractivity contribution < 1.29 is 23.8 Å². The zero-order valence-corrected chi connectivity index (χ0v) is 16.5. The second-order valence-electron chi connectivity index (χ2n) is 5.68. The number of carbonyl (C=O) groups is 2. The Morgan fingerprint density at radius 2 is 1.71 bits per heavy atom. The lowest BCUT2D eigenvalue weighted by Crippen LogP contribution is -2.43. The lowest BCUT2D eigenvalue weighted by Gasteiger charge is -2.10. The zero-order chi connectivity index (χ0) is 20.5. The van der Waals surface area contributed by atoms with Crippen LogP contribution in [-0.4, -0.2) is 32.6 Å². The number of nitrogens with one attached hydrogen (secondary N) is 2. The molecule has 7 nitrogen and oxygen atoms in total. The SMILES string of the molecule is COc1ccc(/C=C/C(=O)NNC(=O)COc2ccc(Cl)cc2C)cc1OC. The third kappa shape index (κ3) is 6.21. The Hall–Kier alpha value is -3.19. The zero-order valence-electron chi connectivity index (χ0n) is 15.7. The van der Waals surface area contributed by atoms with E-state index < -0.39 is 11.8 Å². The predicted octanol–water partition coefficient (Wildman–Crippen LogP) is 2.91. The van der Waals surface area contributed by atoms with Crippen molar-refractivity contribution in [3.8, 4) is 17.2 Å². The van der Waals surface area contributed by atoms with E-state index in [1.807, 2.05) is 6.92 Å². The molecule has 28 heavy (non-hydrogen) atoms. The lowest BCUT2D eigenvalue weighted by atomic mass is 10.2. The molecule has 0 radical (unpaired) electrons. The van der Waals surface area contributed by atoms with Crippen molar-refractivity contribution >= 4 is 29.5 Å². The highest BCUT2D eigenvalue weighted by atomic mass is 35.5. The van der Waals surface area contributed by atoms with Gasteiger partial charge in [-0.3, -0.25) is 20.4 Å². The number of benzene rings is 2. The summed E-state index contributed by atoms with van der Waals surface area (Å²) < 4.78 is 15.8. The number of hydrogen-bond acceptors (Lipinski definition) is 5. The molecule has 0 aliphatic rings. The van der Waals surface area contributed by atoms with E-state index in [4.69, 9.17) is 25.8 Å². The van der Waals surface area contributed by atoms with Crippen LogP contribution in [0.3, 0.4) is 0 Å². The van der Waals surface area contributed by atoms with E-state index in [1.54, 1.807) is 49.6 Å². The number of hydrogen-bond donors (Lipinski definition) is 2. The Morgan fingerprint density at radius 3 is 2.39 bits per heavy atom. The van der Waals surface area contributed by atoms with Gasteiger partial charge in [0.25, 0.3) is 11.8 Å². The molecule has 2 amide bonds. The van der Waals surface area contributed by atoms with Crippen LogP contribution < -0.4 is 25.1 Å². The minimum Gasteiger partial charge on any atom is -0.493 e. The Labute approximate surface area is 168 Å². The number of rotatable bonds is 7. The third-order valence-corrected chi connectivity index (χ3v) is 3.89. The first-order valence-electron chi connectivity index (χ1n) is 8.31. The summed E-state index contributed by atoms with van der Waals surface area (Å²) in [7, 11) is 3.07. The van der Waals surface area contributed by atoms with Gasteiger partial charge >= 0.3 is 0 Å². The minimum atomic E-state index is -0.498. The van der Waals surface area contributed by atoms with Crippen LogP contribution in [0.15, 0.2) is 42.5 Å². The summed E-state index contributed by atoms with van der Waals surface area (Å²) in [6, 6.07) is 10.3. The molecule has 0 fully saturated rings. The van der Waals surface area contributed by atoms with Crippen LogP contribution in [0.25, 0.3) is 6.08 Å². The maximum absolute atomic E-state index is 11.8. The Balaban J connectivity index is 1.81. The van der Waals surface area contributed by atoms with Gasteiger partial charge in [0.15, 0.2) is 18.1 Å². The predicted molar refractivity (Wildman–Crippen MR) is 107 cm³/mol. The number of halogens is 1. The van der Waals surface area contributed by atoms with Crippen molar-refractivity contribution in [3.63, 3.8) is 0 Å². The van der Waals surface area contributed by atoms with Gasteiger partial charge in [0.05, 0.1) is 14.2 Å². The number of amides is 2. The summed E-state index contributed by atoms with van der Waals surface area (Å²) >= 11 is 5.87. The summed E-state index contributed by atoms with van der Waals surface area (Å²) in [5.74, 6) is 0.688. The van der Waals surface area contributed by atoms with Crippen molar-refractivity contribution in [2.45, 2.75) is 6.92 Å². The van der Waals surface area contributed by atoms with E-state index >= 15 is 0 Å². The van der Waals surface area contributed by atoms with Crippen LogP contribution in [0.5, 0.6) is 17.2 Å². The first-order valence-corrected chi connectivity index (χ1v) is 8.68. The van der Waals surface area contributed by atoms with Gasteiger partial charge in [-0.1, -0.05) is 17.7 Å². The second kappa shape index (κ2) is 10.2. The van der Waals surface area contributed by atoms with Crippen molar-refractivity contribution in [3.05, 3.63) is 58.6 Å². The van der Waals surface area contributed by atoms with Crippen LogP contribution >= 0.6 is 11.6 Å². The van der Waals surface area contributed by atoms with Gasteiger partial charge in [-0.05, 0) is 54.5 Å². The molecule has 0 aromatic heterocycles. The van der Waals surface area contributed by atoms with Gasteiger partial charge in [0.1, 0.15) is 5.75 Å². The number of hydrazine groups is 1. The molecule has 0 atom stereocenters. The highest BCUT2D eigenvalue weighted by Gasteiger charge is 2.07. The summed E-state index contributed by atoms with van der Waals surface area (Å²) in [5, 5.41) is 0.586. The highest BCUT2D eigenvalue weighted by molar-refractivity contribution is 6.30. The molecule has 0 aliphatic carbocycles. The molecular formula is C20H21ClN2O5. The number of aryl methyl sites for hydroxylation is 1. The third-order valence-electron chi connectivity index (χ3n) is 3.66. The normalized spacial score (nSPS) is 10.4. The Kier molecular flexibility index (Phi) is 7.71. The van der Waals surface area contributed by atoms with Gasteiger partial charge in [-0.25, -0.2) is 0 Å². The first kappa shape index (κ1) is 21.1. The van der Waals surface area contributed by atoms with Crippen LogP contribution in [0.1, 0.15) is 11.1 Å². The number of methoxy groups -OCH3 is 2.